The van der Waals surface area contributed by atoms with Gasteiger partial charge in [-0.05, 0) is 6.26 Å². The average molecular weight is 284 g/mol. The van der Waals surface area contributed by atoms with Gasteiger partial charge < -0.3 is 5.32 Å². The number of carbonyl (C=O) groups excluding carboxylic acids is 2. The van der Waals surface area contributed by atoms with Crippen molar-refractivity contribution in [3.8, 4) is 0 Å². The second-order valence-electron chi connectivity index (χ2n) is 2.87. The van der Waals surface area contributed by atoms with E-state index in [1.165, 1.54) is 18.7 Å². The third kappa shape index (κ3) is 3.43. The normalized spacial score (nSPS) is 11.4. The number of alkyl halides is 3. The van der Waals surface area contributed by atoms with Crippen LogP contribution in [0.25, 0.3) is 0 Å². The van der Waals surface area contributed by atoms with Crippen LogP contribution in [0, 0.1) is 0 Å². The van der Waals surface area contributed by atoms with E-state index >= 15 is 0 Å². The molecule has 0 saturated carbocycles. The van der Waals surface area contributed by atoms with Crippen molar-refractivity contribution in [3.63, 3.8) is 0 Å². The summed E-state index contributed by atoms with van der Waals surface area (Å²) in [5.74, 6) is -2.92. The van der Waals surface area contributed by atoms with Crippen LogP contribution < -0.4 is 5.32 Å². The molecule has 94 valence electrons. The van der Waals surface area contributed by atoms with Crippen molar-refractivity contribution >= 4 is 40.6 Å². The number of hydrogen-bond donors (Lipinski definition) is 1. The molecule has 0 fully saturated rings. The lowest BCUT2D eigenvalue weighted by Crippen LogP contribution is -2.30. The summed E-state index contributed by atoms with van der Waals surface area (Å²) in [5, 5.41) is 1.59. The number of amides is 1. The largest absolute Gasteiger partial charge is 0.471 e. The Labute approximate surface area is 103 Å². The smallest absolute Gasteiger partial charge is 0.301 e. The van der Waals surface area contributed by atoms with Gasteiger partial charge in [-0.15, -0.1) is 11.3 Å². The Hall–Kier alpha value is -1.09. The molecule has 0 saturated heterocycles. The summed E-state index contributed by atoms with van der Waals surface area (Å²) >= 11 is 2.12. The highest BCUT2D eigenvalue weighted by Crippen LogP contribution is 2.30. The molecule has 1 heterocycles. The number of ketones is 1. The van der Waals surface area contributed by atoms with Crippen LogP contribution in [0.5, 0.6) is 0 Å². The number of nitrogens with one attached hydrogen (secondary N) is 1. The van der Waals surface area contributed by atoms with E-state index in [1.807, 2.05) is 0 Å². The Morgan fingerprint density at radius 1 is 1.41 bits per heavy atom. The Morgan fingerprint density at radius 3 is 2.41 bits per heavy atom. The van der Waals surface area contributed by atoms with Gasteiger partial charge in [0.2, 0.25) is 0 Å². The number of nitrogens with zero attached hydrogens (tertiary/aromatic N) is 1. The lowest BCUT2D eigenvalue weighted by atomic mass is 10.3. The van der Waals surface area contributed by atoms with Crippen LogP contribution in [-0.4, -0.2) is 29.1 Å². The van der Waals surface area contributed by atoms with Gasteiger partial charge in [0.15, 0.2) is 15.9 Å². The van der Waals surface area contributed by atoms with Gasteiger partial charge in [0, 0.05) is 6.92 Å². The van der Waals surface area contributed by atoms with Gasteiger partial charge in [0.1, 0.15) is 4.88 Å². The molecule has 0 unspecified atom stereocenters. The second kappa shape index (κ2) is 5.05. The Balaban J connectivity index is 3.01. The van der Waals surface area contributed by atoms with Gasteiger partial charge in [-0.1, -0.05) is 11.8 Å². The molecule has 0 aliphatic carbocycles. The number of anilines is 1. The summed E-state index contributed by atoms with van der Waals surface area (Å²) in [4.78, 5) is 25.6. The molecular formula is C8H7F3N2O2S2. The number of thiazole rings is 1. The molecule has 1 amide bonds. The molecule has 17 heavy (non-hydrogen) atoms. The van der Waals surface area contributed by atoms with Crippen LogP contribution in [0.2, 0.25) is 0 Å². The first kappa shape index (κ1) is 14.0. The first-order valence-electron chi connectivity index (χ1n) is 4.19. The highest BCUT2D eigenvalue weighted by atomic mass is 32.2. The number of aromatic nitrogens is 1. The third-order valence-corrected chi connectivity index (χ3v) is 3.73. The van der Waals surface area contributed by atoms with Gasteiger partial charge in [-0.2, -0.15) is 13.2 Å². The van der Waals surface area contributed by atoms with Gasteiger partial charge in [0.05, 0.1) is 0 Å². The maximum absolute atomic E-state index is 12.0. The quantitative estimate of drug-likeness (QED) is 0.684. The Kier molecular flexibility index (Phi) is 4.15. The fraction of sp³-hybridized carbons (Fsp3) is 0.375. The first-order valence-corrected chi connectivity index (χ1v) is 6.23. The van der Waals surface area contributed by atoms with Gasteiger partial charge in [-0.25, -0.2) is 4.98 Å². The van der Waals surface area contributed by atoms with Crippen molar-refractivity contribution in [1.82, 2.24) is 4.98 Å². The minimum absolute atomic E-state index is 0.00644. The fourth-order valence-corrected chi connectivity index (χ4v) is 2.30. The molecule has 1 rings (SSSR count). The van der Waals surface area contributed by atoms with Crippen LogP contribution >= 0.6 is 23.1 Å². The molecule has 1 N–H and O–H groups in total. The van der Waals surface area contributed by atoms with E-state index in [0.717, 1.165) is 11.3 Å². The topological polar surface area (TPSA) is 59.1 Å². The minimum Gasteiger partial charge on any atom is -0.301 e. The number of hydrogen-bond acceptors (Lipinski definition) is 5. The monoisotopic (exact) mass is 284 g/mol. The average Bonchev–Trinajstić information content (AvgIpc) is 2.59. The molecular weight excluding hydrogens is 277 g/mol. The zero-order valence-corrected chi connectivity index (χ0v) is 10.3. The van der Waals surface area contributed by atoms with Crippen molar-refractivity contribution in [1.29, 1.82) is 0 Å². The summed E-state index contributed by atoms with van der Waals surface area (Å²) in [5.41, 5.74) is 0. The molecule has 1 aromatic heterocycles. The lowest BCUT2D eigenvalue weighted by Gasteiger charge is -2.05. The number of carbonyl (C=O) groups is 2. The molecule has 9 heteroatoms. The minimum atomic E-state index is -5.00. The highest BCUT2D eigenvalue weighted by Gasteiger charge is 2.39. The number of Topliss-reactive ketones (excluding diaryl/α,β-unsaturated/α-hetero) is 1. The summed E-state index contributed by atoms with van der Waals surface area (Å²) in [6.07, 6.45) is -3.34. The molecule has 0 aliphatic heterocycles. The number of rotatable bonds is 3. The van der Waals surface area contributed by atoms with Crippen LogP contribution in [0.15, 0.2) is 4.34 Å². The number of thioether (sulfide) groups is 1. The molecule has 0 aromatic carbocycles. The summed E-state index contributed by atoms with van der Waals surface area (Å²) < 4.78 is 36.5. The summed E-state index contributed by atoms with van der Waals surface area (Å²) in [6, 6.07) is 0. The Morgan fingerprint density at radius 2 is 2.00 bits per heavy atom. The molecule has 1 aromatic rings. The Bertz CT molecular complexity index is 456. The van der Waals surface area contributed by atoms with Gasteiger partial charge >= 0.3 is 12.1 Å². The maximum Gasteiger partial charge on any atom is 0.471 e. The second-order valence-corrected chi connectivity index (χ2v) is 4.92. The van der Waals surface area contributed by atoms with E-state index < -0.39 is 17.9 Å². The SMILES string of the molecule is CSc1nc(NC(=O)C(F)(F)F)c(C(C)=O)s1. The van der Waals surface area contributed by atoms with Gasteiger partial charge in [0.25, 0.3) is 0 Å². The molecule has 0 spiro atoms. The van der Waals surface area contributed by atoms with Crippen LogP contribution in [-0.2, 0) is 4.79 Å². The standard InChI is InChI=1S/C8H7F3N2O2S2/c1-3(14)4-5(13-7(16-2)17-4)12-6(15)8(9,10)11/h1-2H3,(H,12,15). The van der Waals surface area contributed by atoms with E-state index in [4.69, 9.17) is 0 Å². The van der Waals surface area contributed by atoms with Crippen LogP contribution in [0.1, 0.15) is 16.6 Å². The van der Waals surface area contributed by atoms with E-state index in [2.05, 4.69) is 4.98 Å². The van der Waals surface area contributed by atoms with Crippen LogP contribution in [0.4, 0.5) is 19.0 Å². The summed E-state index contributed by atoms with van der Waals surface area (Å²) in [7, 11) is 0. The maximum atomic E-state index is 12.0. The van der Waals surface area contributed by atoms with E-state index in [9.17, 15) is 22.8 Å². The lowest BCUT2D eigenvalue weighted by molar-refractivity contribution is -0.167. The van der Waals surface area contributed by atoms with E-state index in [1.54, 1.807) is 11.6 Å². The third-order valence-electron chi connectivity index (χ3n) is 1.59. The van der Waals surface area contributed by atoms with Crippen molar-refractivity contribution < 1.29 is 22.8 Å². The molecule has 0 radical (unpaired) electrons. The fourth-order valence-electron chi connectivity index (χ4n) is 0.890. The van der Waals surface area contributed by atoms with E-state index in [0.29, 0.717) is 4.34 Å². The predicted molar refractivity (Wildman–Crippen MR) is 58.6 cm³/mol. The highest BCUT2D eigenvalue weighted by molar-refractivity contribution is 8.00. The van der Waals surface area contributed by atoms with Crippen LogP contribution in [0.3, 0.4) is 0 Å². The van der Waals surface area contributed by atoms with Crippen molar-refractivity contribution in [3.05, 3.63) is 4.88 Å². The first-order chi connectivity index (χ1) is 7.75. The molecule has 0 bridgehead atoms. The molecule has 0 atom stereocenters. The molecule has 4 nitrogen and oxygen atoms in total. The van der Waals surface area contributed by atoms with E-state index in [-0.39, 0.29) is 10.7 Å². The van der Waals surface area contributed by atoms with Crippen molar-refractivity contribution in [2.24, 2.45) is 0 Å². The van der Waals surface area contributed by atoms with Crippen molar-refractivity contribution in [2.45, 2.75) is 17.4 Å². The number of halogens is 3. The zero-order valence-electron chi connectivity index (χ0n) is 8.71. The zero-order chi connectivity index (χ0) is 13.2. The predicted octanol–water partition coefficient (Wildman–Crippen LogP) is 2.57. The molecule has 0 aliphatic rings. The van der Waals surface area contributed by atoms with Crippen molar-refractivity contribution in [2.75, 3.05) is 11.6 Å². The summed E-state index contributed by atoms with van der Waals surface area (Å²) in [6.45, 7) is 1.20. The van der Waals surface area contributed by atoms with Gasteiger partial charge in [-0.3, -0.25) is 9.59 Å².